The molecule has 8 bridgehead atoms. The van der Waals surface area contributed by atoms with Crippen LogP contribution in [-0.4, -0.2) is 70.2 Å². The maximum Gasteiger partial charge on any atom is 0.334 e. The van der Waals surface area contributed by atoms with Gasteiger partial charge in [-0.2, -0.15) is 0 Å². The van der Waals surface area contributed by atoms with Crippen molar-refractivity contribution in [2.24, 2.45) is 5.41 Å². The zero-order valence-corrected chi connectivity index (χ0v) is 30.9. The second kappa shape index (κ2) is 14.2. The van der Waals surface area contributed by atoms with Gasteiger partial charge in [-0.05, 0) is 98.2 Å². The predicted octanol–water partition coefficient (Wildman–Crippen LogP) is 6.94. The molecule has 3 aromatic heterocycles. The van der Waals surface area contributed by atoms with Crippen LogP contribution in [0.2, 0.25) is 0 Å². The van der Waals surface area contributed by atoms with Crippen LogP contribution in [0.3, 0.4) is 0 Å². The summed E-state index contributed by atoms with van der Waals surface area (Å²) in [6, 6.07) is 7.58. The number of carbonyl (C=O) groups is 4. The van der Waals surface area contributed by atoms with Crippen LogP contribution in [0.25, 0.3) is 44.9 Å². The van der Waals surface area contributed by atoms with Crippen molar-refractivity contribution in [3.8, 4) is 0 Å². The molecule has 1 unspecified atom stereocenters. The highest BCUT2D eigenvalue weighted by Crippen LogP contribution is 2.54. The number of carboxylic acid groups (broad SMARTS) is 1. The molecule has 0 radical (unpaired) electrons. The molecule has 53 heavy (non-hydrogen) atoms. The molecule has 12 nitrogen and oxygen atoms in total. The van der Waals surface area contributed by atoms with Crippen molar-refractivity contribution in [2.45, 2.75) is 59.3 Å². The van der Waals surface area contributed by atoms with E-state index in [4.69, 9.17) is 24.2 Å². The number of allylic oxidation sites excluding steroid dienone is 5. The molecular weight excluding hydrogens is 676 g/mol. The summed E-state index contributed by atoms with van der Waals surface area (Å²) in [6.45, 7) is 11.6. The lowest BCUT2D eigenvalue weighted by Crippen LogP contribution is -2.41. The topological polar surface area (TPSA) is 174 Å². The summed E-state index contributed by atoms with van der Waals surface area (Å²) in [4.78, 5) is 68.2. The van der Waals surface area contributed by atoms with E-state index in [0.717, 1.165) is 44.4 Å². The van der Waals surface area contributed by atoms with Gasteiger partial charge in [0.2, 0.25) is 0 Å². The summed E-state index contributed by atoms with van der Waals surface area (Å²) in [5, 5.41) is 9.67. The van der Waals surface area contributed by atoms with Gasteiger partial charge in [0.15, 0.2) is 0 Å². The molecule has 0 aromatic carbocycles. The summed E-state index contributed by atoms with van der Waals surface area (Å²) in [7, 11) is 3.90. The first kappa shape index (κ1) is 36.7. The van der Waals surface area contributed by atoms with Crippen LogP contribution in [0.15, 0.2) is 48.6 Å². The molecule has 2 atom stereocenters. The largest absolute Gasteiger partial charge is 0.481 e. The van der Waals surface area contributed by atoms with Crippen LogP contribution in [-0.2, 0) is 39.8 Å². The fourth-order valence-corrected chi connectivity index (χ4v) is 7.69. The maximum atomic E-state index is 13.8. The lowest BCUT2D eigenvalue weighted by Gasteiger charge is -2.36. The van der Waals surface area contributed by atoms with Gasteiger partial charge in [-0.1, -0.05) is 24.8 Å². The highest BCUT2D eigenvalue weighted by molar-refractivity contribution is 6.03. The minimum atomic E-state index is -1.52. The number of rotatable bonds is 9. The number of hydrogen-bond donors (Lipinski definition) is 3. The summed E-state index contributed by atoms with van der Waals surface area (Å²) in [5.41, 5.74) is 9.60. The van der Waals surface area contributed by atoms with E-state index in [0.29, 0.717) is 45.8 Å². The van der Waals surface area contributed by atoms with Crippen LogP contribution in [0.4, 0.5) is 0 Å². The fraction of sp³-hybridized carbons (Fsp3) is 0.317. The number of nitrogens with one attached hydrogen (secondary N) is 2. The molecule has 5 heterocycles. The molecule has 3 aliphatic rings. The number of hydrogen-bond acceptors (Lipinski definition) is 9. The van der Waals surface area contributed by atoms with Crippen molar-refractivity contribution < 1.29 is 38.5 Å². The van der Waals surface area contributed by atoms with Gasteiger partial charge in [-0.3, -0.25) is 19.4 Å². The smallest absolute Gasteiger partial charge is 0.334 e. The lowest BCUT2D eigenvalue weighted by molar-refractivity contribution is -0.153. The third-order valence-electron chi connectivity index (χ3n) is 10.7. The molecule has 12 heteroatoms. The Morgan fingerprint density at radius 2 is 1.51 bits per heavy atom. The minimum absolute atomic E-state index is 0.115. The van der Waals surface area contributed by atoms with E-state index < -0.39 is 29.2 Å². The molecule has 274 valence electrons. The first-order valence-electron chi connectivity index (χ1n) is 17.2. The predicted molar refractivity (Wildman–Crippen MR) is 201 cm³/mol. The van der Waals surface area contributed by atoms with Crippen LogP contribution in [0.5, 0.6) is 0 Å². The summed E-state index contributed by atoms with van der Waals surface area (Å²) in [5.74, 6) is -3.34. The second-order valence-corrected chi connectivity index (χ2v) is 13.5. The molecule has 3 aromatic rings. The van der Waals surface area contributed by atoms with Crippen LogP contribution in [0, 0.1) is 19.3 Å². The van der Waals surface area contributed by atoms with E-state index in [2.05, 4.69) is 16.5 Å². The minimum Gasteiger partial charge on any atom is -0.481 e. The van der Waals surface area contributed by atoms with Crippen molar-refractivity contribution in [1.29, 1.82) is 0 Å². The van der Waals surface area contributed by atoms with Crippen molar-refractivity contribution in [1.82, 2.24) is 19.9 Å². The van der Waals surface area contributed by atoms with Crippen molar-refractivity contribution in [3.63, 3.8) is 0 Å². The Balaban J connectivity index is 1.76. The summed E-state index contributed by atoms with van der Waals surface area (Å²) >= 11 is 0. The number of fused-ring (bicyclic) bond motifs is 11. The van der Waals surface area contributed by atoms with Gasteiger partial charge in [0, 0.05) is 46.4 Å². The Labute approximate surface area is 306 Å². The normalized spacial score (nSPS) is 17.8. The zero-order chi connectivity index (χ0) is 38.4. The van der Waals surface area contributed by atoms with E-state index in [1.807, 2.05) is 45.0 Å². The molecule has 0 spiro atoms. The van der Waals surface area contributed by atoms with E-state index in [-0.39, 0.29) is 30.8 Å². The monoisotopic (exact) mass is 718 g/mol. The fourth-order valence-electron chi connectivity index (χ4n) is 7.69. The van der Waals surface area contributed by atoms with E-state index in [1.165, 1.54) is 21.3 Å². The van der Waals surface area contributed by atoms with Gasteiger partial charge in [0.25, 0.3) is 0 Å². The van der Waals surface area contributed by atoms with Gasteiger partial charge < -0.3 is 29.3 Å². The zero-order valence-electron chi connectivity index (χ0n) is 30.9. The second-order valence-electron chi connectivity index (χ2n) is 13.5. The van der Waals surface area contributed by atoms with Crippen LogP contribution in [0.1, 0.15) is 84.1 Å². The SMILES string of the molecule is C=Cc1c(C)c2cc3nc(cc4[nH]c(cc5nc(cc1[nH]2)C(C)=C5CCC(=O)OC)c(CCC(=O)O)c4C)C1C3=CC=C(C(=O)OC)[C@]1(C)C(=O)OC. The standard InChI is InChI=1S/C41H42N4O8/c1-9-23-20(2)28-17-34-26-10-13-27(39(49)52-7)41(5,40(50)53-8)38(26)35(45-34)18-30-21(3)24(11-14-36(46)47)32(44-30)19-33-25(12-15-37(48)51-6)22(4)29(43-33)16-31(23)42-28/h9-10,13,16-19,38,42,44H,1,11-12,14-15H2,2-8H3,(H,46,47)/t38?,41-/m0/s1. The average molecular weight is 719 g/mol. The number of methoxy groups -OCH3 is 3. The van der Waals surface area contributed by atoms with E-state index >= 15 is 0 Å². The third kappa shape index (κ3) is 6.28. The highest BCUT2D eigenvalue weighted by atomic mass is 16.5. The average Bonchev–Trinajstić information content (AvgIpc) is 3.82. The Kier molecular flexibility index (Phi) is 9.83. The number of aliphatic carboxylic acids is 1. The van der Waals surface area contributed by atoms with E-state index in [1.54, 1.807) is 25.2 Å². The molecular formula is C41H42N4O8. The molecule has 0 saturated heterocycles. The number of H-pyrrole nitrogens is 2. The van der Waals surface area contributed by atoms with Crippen molar-refractivity contribution >= 4 is 68.7 Å². The number of carbonyl (C=O) groups excluding carboxylic acids is 3. The molecule has 3 N–H and O–H groups in total. The number of ether oxygens (including phenoxy) is 3. The first-order chi connectivity index (χ1) is 25.3. The van der Waals surface area contributed by atoms with Gasteiger partial charge in [-0.15, -0.1) is 0 Å². The van der Waals surface area contributed by atoms with Gasteiger partial charge in [0.05, 0.1) is 49.7 Å². The van der Waals surface area contributed by atoms with Crippen molar-refractivity contribution in [2.75, 3.05) is 21.3 Å². The third-order valence-corrected chi connectivity index (χ3v) is 10.7. The summed E-state index contributed by atoms with van der Waals surface area (Å²) in [6.07, 6.45) is 5.79. The van der Waals surface area contributed by atoms with Gasteiger partial charge >= 0.3 is 23.9 Å². The Morgan fingerprint density at radius 3 is 2.17 bits per heavy atom. The number of aromatic amines is 2. The molecule has 0 saturated carbocycles. The molecule has 0 amide bonds. The molecule has 1 aliphatic carbocycles. The molecule has 0 fully saturated rings. The number of aromatic nitrogens is 4. The van der Waals surface area contributed by atoms with Crippen LogP contribution < -0.4 is 0 Å². The maximum absolute atomic E-state index is 13.8. The molecule has 2 aliphatic heterocycles. The Bertz CT molecular complexity index is 2370. The first-order valence-corrected chi connectivity index (χ1v) is 17.2. The van der Waals surface area contributed by atoms with Gasteiger partial charge in [-0.25, -0.2) is 9.78 Å². The van der Waals surface area contributed by atoms with Crippen LogP contribution >= 0.6 is 0 Å². The van der Waals surface area contributed by atoms with Gasteiger partial charge in [0.1, 0.15) is 5.41 Å². The number of esters is 3. The Hall–Kier alpha value is -6.04. The Morgan fingerprint density at radius 1 is 0.830 bits per heavy atom. The molecule has 6 rings (SSSR count). The highest BCUT2D eigenvalue weighted by Gasteiger charge is 2.54. The lowest BCUT2D eigenvalue weighted by atomic mass is 9.64. The number of nitrogens with zero attached hydrogens (tertiary/aromatic N) is 2. The van der Waals surface area contributed by atoms with Crippen molar-refractivity contribution in [3.05, 3.63) is 93.6 Å². The number of aryl methyl sites for hydroxylation is 3. The van der Waals surface area contributed by atoms with E-state index in [9.17, 15) is 24.3 Å². The number of carboxylic acids is 1. The quantitative estimate of drug-likeness (QED) is 0.155. The summed E-state index contributed by atoms with van der Waals surface area (Å²) < 4.78 is 15.4.